The van der Waals surface area contributed by atoms with E-state index in [1.807, 2.05) is 11.1 Å². The molecule has 0 atom stereocenters. The lowest BCUT2D eigenvalue weighted by Crippen LogP contribution is -2.44. The summed E-state index contributed by atoms with van der Waals surface area (Å²) in [5.41, 5.74) is 3.78. The zero-order valence-corrected chi connectivity index (χ0v) is 13.9. The van der Waals surface area contributed by atoms with Crippen molar-refractivity contribution in [3.05, 3.63) is 53.3 Å². The van der Waals surface area contributed by atoms with E-state index in [0.717, 1.165) is 44.5 Å². The number of carbonyl (C=O) groups excluding carboxylic acids is 1. The third kappa shape index (κ3) is 3.22. The quantitative estimate of drug-likeness (QED) is 0.941. The third-order valence-corrected chi connectivity index (χ3v) is 5.37. The topological polar surface area (TPSA) is 52.2 Å². The Balaban J connectivity index is 1.29. The van der Waals surface area contributed by atoms with E-state index in [0.29, 0.717) is 19.0 Å². The summed E-state index contributed by atoms with van der Waals surface area (Å²) in [6.07, 6.45) is 5.02. The first kappa shape index (κ1) is 15.4. The Bertz CT molecular complexity index is 688. The maximum Gasteiger partial charge on any atom is 0.237 e. The number of nitrogens with one attached hydrogen (secondary N) is 1. The summed E-state index contributed by atoms with van der Waals surface area (Å²) in [6.45, 7) is 4.07. The van der Waals surface area contributed by atoms with Gasteiger partial charge in [-0.25, -0.2) is 0 Å². The number of aromatic amines is 1. The van der Waals surface area contributed by atoms with Gasteiger partial charge in [-0.3, -0.25) is 14.8 Å². The van der Waals surface area contributed by atoms with Crippen LogP contribution in [0.2, 0.25) is 0 Å². The van der Waals surface area contributed by atoms with Crippen molar-refractivity contribution in [2.24, 2.45) is 0 Å². The maximum atomic E-state index is 12.6. The molecule has 0 unspecified atom stereocenters. The zero-order chi connectivity index (χ0) is 16.4. The number of hydrogen-bond donors (Lipinski definition) is 1. The first-order valence-electron chi connectivity index (χ1n) is 8.86. The van der Waals surface area contributed by atoms with Crippen molar-refractivity contribution in [2.75, 3.05) is 26.2 Å². The predicted octanol–water partition coefficient (Wildman–Crippen LogP) is 2.17. The SMILES string of the molecule is O=C(CN1CCC(c2ccccc2)CC1)N1CCc2[nH]ncc2C1. The fourth-order valence-electron chi connectivity index (χ4n) is 3.88. The molecule has 1 N–H and O–H groups in total. The molecule has 1 aromatic heterocycles. The van der Waals surface area contributed by atoms with E-state index in [-0.39, 0.29) is 5.91 Å². The van der Waals surface area contributed by atoms with E-state index >= 15 is 0 Å². The van der Waals surface area contributed by atoms with Crippen LogP contribution in [0.1, 0.15) is 35.6 Å². The smallest absolute Gasteiger partial charge is 0.237 e. The Morgan fingerprint density at radius 3 is 2.75 bits per heavy atom. The Labute approximate surface area is 142 Å². The highest BCUT2D eigenvalue weighted by Gasteiger charge is 2.26. The van der Waals surface area contributed by atoms with Gasteiger partial charge < -0.3 is 4.90 Å². The molecule has 1 saturated heterocycles. The summed E-state index contributed by atoms with van der Waals surface area (Å²) in [5, 5.41) is 7.10. The summed E-state index contributed by atoms with van der Waals surface area (Å²) >= 11 is 0. The van der Waals surface area contributed by atoms with Gasteiger partial charge in [-0.2, -0.15) is 5.10 Å². The second-order valence-electron chi connectivity index (χ2n) is 6.90. The van der Waals surface area contributed by atoms with Gasteiger partial charge in [0.05, 0.1) is 12.7 Å². The molecule has 2 aliphatic rings. The van der Waals surface area contributed by atoms with Crippen LogP contribution in [0.5, 0.6) is 0 Å². The molecule has 1 amide bonds. The minimum atomic E-state index is 0.250. The second kappa shape index (κ2) is 6.77. The van der Waals surface area contributed by atoms with Crippen LogP contribution in [-0.4, -0.2) is 52.1 Å². The van der Waals surface area contributed by atoms with Crippen LogP contribution < -0.4 is 0 Å². The lowest BCUT2D eigenvalue weighted by Gasteiger charge is -2.34. The first-order chi connectivity index (χ1) is 11.8. The first-order valence-corrected chi connectivity index (χ1v) is 8.86. The van der Waals surface area contributed by atoms with Gasteiger partial charge in [0.1, 0.15) is 0 Å². The second-order valence-corrected chi connectivity index (χ2v) is 6.90. The average molecular weight is 324 g/mol. The van der Waals surface area contributed by atoms with Gasteiger partial charge in [-0.15, -0.1) is 0 Å². The molecular weight excluding hydrogens is 300 g/mol. The third-order valence-electron chi connectivity index (χ3n) is 5.37. The fraction of sp³-hybridized carbons (Fsp3) is 0.474. The normalized spacial score (nSPS) is 19.2. The molecule has 5 nitrogen and oxygen atoms in total. The highest BCUT2D eigenvalue weighted by Crippen LogP contribution is 2.27. The number of likely N-dealkylation sites (tertiary alicyclic amines) is 1. The average Bonchev–Trinajstić information content (AvgIpc) is 3.11. The van der Waals surface area contributed by atoms with Crippen LogP contribution in [0.4, 0.5) is 0 Å². The minimum Gasteiger partial charge on any atom is -0.337 e. The number of fused-ring (bicyclic) bond motifs is 1. The van der Waals surface area contributed by atoms with E-state index in [2.05, 4.69) is 45.4 Å². The van der Waals surface area contributed by atoms with E-state index in [4.69, 9.17) is 0 Å². The highest BCUT2D eigenvalue weighted by molar-refractivity contribution is 5.78. The highest BCUT2D eigenvalue weighted by atomic mass is 16.2. The van der Waals surface area contributed by atoms with Gasteiger partial charge in [0, 0.05) is 30.8 Å². The minimum absolute atomic E-state index is 0.250. The van der Waals surface area contributed by atoms with Crippen LogP contribution >= 0.6 is 0 Å². The van der Waals surface area contributed by atoms with Crippen molar-refractivity contribution < 1.29 is 4.79 Å². The van der Waals surface area contributed by atoms with Crippen molar-refractivity contribution in [3.8, 4) is 0 Å². The monoisotopic (exact) mass is 324 g/mol. The number of hydrogen-bond acceptors (Lipinski definition) is 3. The van der Waals surface area contributed by atoms with Gasteiger partial charge >= 0.3 is 0 Å². The van der Waals surface area contributed by atoms with Crippen molar-refractivity contribution in [2.45, 2.75) is 31.7 Å². The molecule has 1 aromatic carbocycles. The largest absolute Gasteiger partial charge is 0.337 e. The molecule has 24 heavy (non-hydrogen) atoms. The molecule has 1 fully saturated rings. The Morgan fingerprint density at radius 1 is 1.17 bits per heavy atom. The van der Waals surface area contributed by atoms with Crippen molar-refractivity contribution >= 4 is 5.91 Å². The van der Waals surface area contributed by atoms with Gasteiger partial charge in [0.25, 0.3) is 0 Å². The summed E-state index contributed by atoms with van der Waals surface area (Å²) in [6, 6.07) is 10.8. The molecule has 2 aliphatic heterocycles. The lowest BCUT2D eigenvalue weighted by atomic mass is 9.89. The Morgan fingerprint density at radius 2 is 1.96 bits per heavy atom. The van der Waals surface area contributed by atoms with Crippen molar-refractivity contribution in [1.29, 1.82) is 0 Å². The van der Waals surface area contributed by atoms with E-state index in [1.165, 1.54) is 11.3 Å². The zero-order valence-electron chi connectivity index (χ0n) is 13.9. The summed E-state index contributed by atoms with van der Waals surface area (Å²) in [5.74, 6) is 0.890. The lowest BCUT2D eigenvalue weighted by molar-refractivity contribution is -0.133. The van der Waals surface area contributed by atoms with Gasteiger partial charge in [-0.1, -0.05) is 30.3 Å². The standard InChI is InChI=1S/C19H24N4O/c24-19(23-11-8-18-17(13-23)12-20-21-18)14-22-9-6-16(7-10-22)15-4-2-1-3-5-15/h1-5,12,16H,6-11,13-14H2,(H,20,21). The summed E-state index contributed by atoms with van der Waals surface area (Å²) in [7, 11) is 0. The Hall–Kier alpha value is -2.14. The van der Waals surface area contributed by atoms with Crippen molar-refractivity contribution in [3.63, 3.8) is 0 Å². The fourth-order valence-corrected chi connectivity index (χ4v) is 3.88. The van der Waals surface area contributed by atoms with Crippen LogP contribution in [0.15, 0.2) is 36.5 Å². The number of amides is 1. The summed E-state index contributed by atoms with van der Waals surface area (Å²) < 4.78 is 0. The molecule has 0 spiro atoms. The molecule has 0 bridgehead atoms. The number of aromatic nitrogens is 2. The molecule has 0 saturated carbocycles. The molecule has 2 aromatic rings. The van der Waals surface area contributed by atoms with Gasteiger partial charge in [0.2, 0.25) is 5.91 Å². The molecule has 4 rings (SSSR count). The number of piperidine rings is 1. The van der Waals surface area contributed by atoms with Crippen LogP contribution in [0.25, 0.3) is 0 Å². The van der Waals surface area contributed by atoms with E-state index in [9.17, 15) is 4.79 Å². The number of nitrogens with zero attached hydrogens (tertiary/aromatic N) is 3. The number of H-pyrrole nitrogens is 1. The van der Waals surface area contributed by atoms with E-state index < -0.39 is 0 Å². The molecule has 5 heteroatoms. The number of benzene rings is 1. The van der Waals surface area contributed by atoms with Crippen LogP contribution in [0.3, 0.4) is 0 Å². The molecule has 0 radical (unpaired) electrons. The molecule has 3 heterocycles. The van der Waals surface area contributed by atoms with E-state index in [1.54, 1.807) is 0 Å². The van der Waals surface area contributed by atoms with Gasteiger partial charge in [-0.05, 0) is 37.4 Å². The Kier molecular flexibility index (Phi) is 4.34. The maximum absolute atomic E-state index is 12.6. The van der Waals surface area contributed by atoms with Crippen molar-refractivity contribution in [1.82, 2.24) is 20.0 Å². The molecule has 126 valence electrons. The molecule has 0 aliphatic carbocycles. The van der Waals surface area contributed by atoms with Crippen LogP contribution in [-0.2, 0) is 17.8 Å². The number of carbonyl (C=O) groups is 1. The van der Waals surface area contributed by atoms with Crippen LogP contribution in [0, 0.1) is 0 Å². The number of rotatable bonds is 3. The van der Waals surface area contributed by atoms with Gasteiger partial charge in [0.15, 0.2) is 0 Å². The summed E-state index contributed by atoms with van der Waals surface area (Å²) in [4.78, 5) is 16.9. The molecular formula is C19H24N4O. The predicted molar refractivity (Wildman–Crippen MR) is 92.6 cm³/mol.